The SMILES string of the molecule is CCCOc1ccc(C(O)=C2C(=O)C(=O)N(CCN3CCOCC3)C2c2ccc(N(C)C)cc2)cc1C. The molecule has 2 aromatic carbocycles. The summed E-state index contributed by atoms with van der Waals surface area (Å²) in [5.74, 6) is -0.680. The maximum Gasteiger partial charge on any atom is 0.295 e. The monoisotopic (exact) mass is 507 g/mol. The summed E-state index contributed by atoms with van der Waals surface area (Å²) in [6.07, 6.45) is 0.891. The highest BCUT2D eigenvalue weighted by Crippen LogP contribution is 2.40. The average molecular weight is 508 g/mol. The zero-order valence-corrected chi connectivity index (χ0v) is 22.2. The van der Waals surface area contributed by atoms with E-state index in [0.717, 1.165) is 42.1 Å². The lowest BCUT2D eigenvalue weighted by atomic mass is 9.94. The maximum atomic E-state index is 13.4. The van der Waals surface area contributed by atoms with Crippen LogP contribution >= 0.6 is 0 Å². The van der Waals surface area contributed by atoms with E-state index in [-0.39, 0.29) is 11.3 Å². The van der Waals surface area contributed by atoms with E-state index < -0.39 is 17.7 Å². The molecule has 0 radical (unpaired) electrons. The Bertz CT molecular complexity index is 1150. The van der Waals surface area contributed by atoms with Crippen LogP contribution in [-0.4, -0.2) is 86.7 Å². The highest BCUT2D eigenvalue weighted by Gasteiger charge is 2.46. The Balaban J connectivity index is 1.72. The Hall–Kier alpha value is -3.36. The first-order chi connectivity index (χ1) is 17.8. The number of hydrogen-bond acceptors (Lipinski definition) is 7. The number of carbonyl (C=O) groups excluding carboxylic acids is 2. The second-order valence-electron chi connectivity index (χ2n) is 9.76. The van der Waals surface area contributed by atoms with Crippen molar-refractivity contribution in [3.05, 3.63) is 64.7 Å². The van der Waals surface area contributed by atoms with Gasteiger partial charge in [-0.3, -0.25) is 14.5 Å². The number of morpholine rings is 1. The van der Waals surface area contributed by atoms with Crippen molar-refractivity contribution in [2.45, 2.75) is 26.3 Å². The predicted molar refractivity (Wildman–Crippen MR) is 144 cm³/mol. The first-order valence-corrected chi connectivity index (χ1v) is 12.9. The number of amides is 1. The van der Waals surface area contributed by atoms with Gasteiger partial charge in [-0.15, -0.1) is 0 Å². The van der Waals surface area contributed by atoms with Gasteiger partial charge in [0.1, 0.15) is 11.5 Å². The van der Waals surface area contributed by atoms with Crippen LogP contribution in [0.2, 0.25) is 0 Å². The molecule has 8 heteroatoms. The van der Waals surface area contributed by atoms with Crippen LogP contribution in [0.25, 0.3) is 5.76 Å². The van der Waals surface area contributed by atoms with E-state index in [2.05, 4.69) is 4.90 Å². The molecule has 2 fully saturated rings. The van der Waals surface area contributed by atoms with Gasteiger partial charge in [0.2, 0.25) is 0 Å². The van der Waals surface area contributed by atoms with E-state index in [9.17, 15) is 14.7 Å². The zero-order chi connectivity index (χ0) is 26.5. The number of rotatable bonds is 9. The molecule has 198 valence electrons. The van der Waals surface area contributed by atoms with Crippen LogP contribution in [0.1, 0.15) is 36.1 Å². The van der Waals surface area contributed by atoms with Gasteiger partial charge in [0.15, 0.2) is 0 Å². The van der Waals surface area contributed by atoms with Gasteiger partial charge in [0.05, 0.1) is 31.4 Å². The standard InChI is InChI=1S/C29H37N3O5/c1-5-16-37-24-11-8-22(19-20(24)2)27(33)25-26(21-6-9-23(10-7-21)30(3)4)32(29(35)28(25)34)13-12-31-14-17-36-18-15-31/h6-11,19,26,33H,5,12-18H2,1-4H3. The average Bonchev–Trinajstić information content (AvgIpc) is 3.16. The van der Waals surface area contributed by atoms with Crippen molar-refractivity contribution in [3.63, 3.8) is 0 Å². The molecule has 0 aromatic heterocycles. The number of ether oxygens (including phenoxy) is 2. The van der Waals surface area contributed by atoms with E-state index >= 15 is 0 Å². The minimum Gasteiger partial charge on any atom is -0.507 e. The molecule has 0 bridgehead atoms. The number of benzene rings is 2. The number of aryl methyl sites for hydroxylation is 1. The number of nitrogens with zero attached hydrogens (tertiary/aromatic N) is 3. The van der Waals surface area contributed by atoms with E-state index in [0.29, 0.717) is 38.5 Å². The summed E-state index contributed by atoms with van der Waals surface area (Å²) in [4.78, 5) is 32.5. The predicted octanol–water partition coefficient (Wildman–Crippen LogP) is 3.60. The molecular formula is C29H37N3O5. The Morgan fingerprint density at radius 1 is 1.08 bits per heavy atom. The van der Waals surface area contributed by atoms with Gasteiger partial charge in [-0.25, -0.2) is 0 Å². The molecule has 4 rings (SSSR count). The highest BCUT2D eigenvalue weighted by molar-refractivity contribution is 6.46. The molecule has 8 nitrogen and oxygen atoms in total. The summed E-state index contributed by atoms with van der Waals surface area (Å²) in [6, 6.07) is 12.4. The van der Waals surface area contributed by atoms with Crippen LogP contribution in [0.3, 0.4) is 0 Å². The summed E-state index contributed by atoms with van der Waals surface area (Å²) in [7, 11) is 3.92. The Kier molecular flexibility index (Phi) is 8.51. The van der Waals surface area contributed by atoms with Crippen LogP contribution in [-0.2, 0) is 14.3 Å². The first kappa shape index (κ1) is 26.7. The van der Waals surface area contributed by atoms with Crippen LogP contribution in [0, 0.1) is 6.92 Å². The number of carbonyl (C=O) groups is 2. The summed E-state index contributed by atoms with van der Waals surface area (Å²) < 4.78 is 11.2. The van der Waals surface area contributed by atoms with Crippen molar-refractivity contribution >= 4 is 23.1 Å². The van der Waals surface area contributed by atoms with Gasteiger partial charge in [0, 0.05) is 51.5 Å². The van der Waals surface area contributed by atoms with Gasteiger partial charge in [-0.05, 0) is 54.8 Å². The van der Waals surface area contributed by atoms with Crippen molar-refractivity contribution < 1.29 is 24.2 Å². The summed E-state index contributed by atoms with van der Waals surface area (Å²) in [5, 5.41) is 11.4. The van der Waals surface area contributed by atoms with E-state index in [1.165, 1.54) is 0 Å². The third kappa shape index (κ3) is 5.81. The lowest BCUT2D eigenvalue weighted by Crippen LogP contribution is -2.42. The van der Waals surface area contributed by atoms with Gasteiger partial charge < -0.3 is 24.4 Å². The Labute approximate surface area is 219 Å². The molecule has 0 aliphatic carbocycles. The second-order valence-corrected chi connectivity index (χ2v) is 9.76. The fourth-order valence-electron chi connectivity index (χ4n) is 4.81. The van der Waals surface area contributed by atoms with E-state index in [1.54, 1.807) is 23.1 Å². The molecule has 1 unspecified atom stereocenters. The zero-order valence-electron chi connectivity index (χ0n) is 22.2. The second kappa shape index (κ2) is 11.8. The fourth-order valence-corrected chi connectivity index (χ4v) is 4.81. The first-order valence-electron chi connectivity index (χ1n) is 12.9. The minimum atomic E-state index is -0.673. The molecule has 2 heterocycles. The number of likely N-dealkylation sites (tertiary alicyclic amines) is 1. The van der Waals surface area contributed by atoms with Crippen molar-refractivity contribution in [3.8, 4) is 5.75 Å². The Morgan fingerprint density at radius 2 is 1.78 bits per heavy atom. The molecule has 2 aliphatic heterocycles. The van der Waals surface area contributed by atoms with Crippen molar-refractivity contribution in [2.24, 2.45) is 0 Å². The van der Waals surface area contributed by atoms with Gasteiger partial charge >= 0.3 is 0 Å². The molecule has 37 heavy (non-hydrogen) atoms. The third-order valence-corrected chi connectivity index (χ3v) is 6.94. The molecule has 2 aromatic rings. The van der Waals surface area contributed by atoms with Gasteiger partial charge in [-0.2, -0.15) is 0 Å². The number of ketones is 1. The number of anilines is 1. The lowest BCUT2D eigenvalue weighted by molar-refractivity contribution is -0.140. The molecule has 2 aliphatic rings. The topological polar surface area (TPSA) is 82.5 Å². The number of hydrogen-bond donors (Lipinski definition) is 1. The maximum absolute atomic E-state index is 13.4. The molecule has 1 N–H and O–H groups in total. The quantitative estimate of drug-likeness (QED) is 0.315. The van der Waals surface area contributed by atoms with Crippen LogP contribution in [0.5, 0.6) is 5.75 Å². The molecule has 2 saturated heterocycles. The van der Waals surface area contributed by atoms with E-state index in [4.69, 9.17) is 9.47 Å². The molecule has 1 amide bonds. The van der Waals surface area contributed by atoms with Crippen LogP contribution < -0.4 is 9.64 Å². The lowest BCUT2D eigenvalue weighted by Gasteiger charge is -2.31. The molecule has 0 spiro atoms. The summed E-state index contributed by atoms with van der Waals surface area (Å²) >= 11 is 0. The molecule has 0 saturated carbocycles. The summed E-state index contributed by atoms with van der Waals surface area (Å²) in [6.45, 7) is 8.45. The van der Waals surface area contributed by atoms with Crippen molar-refractivity contribution in [2.75, 3.05) is 65.0 Å². The van der Waals surface area contributed by atoms with Gasteiger partial charge in [0.25, 0.3) is 11.7 Å². The number of Topliss-reactive ketones (excluding diaryl/α,β-unsaturated/α-hetero) is 1. The third-order valence-electron chi connectivity index (χ3n) is 6.94. The molecule has 1 atom stereocenters. The smallest absolute Gasteiger partial charge is 0.295 e. The summed E-state index contributed by atoms with van der Waals surface area (Å²) in [5.41, 5.74) is 3.25. The van der Waals surface area contributed by atoms with Crippen molar-refractivity contribution in [1.82, 2.24) is 9.80 Å². The number of aliphatic hydroxyl groups is 1. The van der Waals surface area contributed by atoms with Gasteiger partial charge in [-0.1, -0.05) is 19.1 Å². The normalized spacial score (nSPS) is 19.9. The van der Waals surface area contributed by atoms with Crippen LogP contribution in [0.15, 0.2) is 48.0 Å². The van der Waals surface area contributed by atoms with E-state index in [1.807, 2.05) is 57.1 Å². The minimum absolute atomic E-state index is 0.117. The Morgan fingerprint density at radius 3 is 2.41 bits per heavy atom. The molecular weight excluding hydrogens is 470 g/mol. The highest BCUT2D eigenvalue weighted by atomic mass is 16.5. The number of aliphatic hydroxyl groups excluding tert-OH is 1. The van der Waals surface area contributed by atoms with Crippen LogP contribution in [0.4, 0.5) is 5.69 Å². The largest absolute Gasteiger partial charge is 0.507 e. The fraction of sp³-hybridized carbons (Fsp3) is 0.448. The van der Waals surface area contributed by atoms with Crippen molar-refractivity contribution in [1.29, 1.82) is 0 Å².